The van der Waals surface area contributed by atoms with Crippen LogP contribution in [-0.4, -0.2) is 73.8 Å². The lowest BCUT2D eigenvalue weighted by Crippen LogP contribution is -2.47. The van der Waals surface area contributed by atoms with Gasteiger partial charge in [-0.15, -0.1) is 0 Å². The zero-order chi connectivity index (χ0) is 18.8. The van der Waals surface area contributed by atoms with E-state index >= 15 is 0 Å². The van der Waals surface area contributed by atoms with Gasteiger partial charge in [-0.2, -0.15) is 0 Å². The first-order valence-corrected chi connectivity index (χ1v) is 8.69. The van der Waals surface area contributed by atoms with Crippen LogP contribution in [0.1, 0.15) is 0 Å². The highest BCUT2D eigenvalue weighted by Gasteiger charge is 2.30. The van der Waals surface area contributed by atoms with Crippen molar-refractivity contribution in [2.75, 3.05) is 44.2 Å². The molecule has 3 aromatic rings. The Morgan fingerprint density at radius 1 is 1.07 bits per heavy atom. The summed E-state index contributed by atoms with van der Waals surface area (Å²) in [5, 5.41) is 21.0. The fourth-order valence-electron chi connectivity index (χ4n) is 3.38. The predicted molar refractivity (Wildman–Crippen MR) is 99.1 cm³/mol. The third kappa shape index (κ3) is 3.20. The topological polar surface area (TPSA) is 113 Å². The van der Waals surface area contributed by atoms with Crippen molar-refractivity contribution in [1.82, 2.24) is 24.4 Å². The quantitative estimate of drug-likeness (QED) is 0.520. The highest BCUT2D eigenvalue weighted by molar-refractivity contribution is 5.79. The molecular weight excluding hydrogens is 350 g/mol. The summed E-state index contributed by atoms with van der Waals surface area (Å²) in [4.78, 5) is 28.2. The molecule has 0 unspecified atom stereocenters. The van der Waals surface area contributed by atoms with Crippen LogP contribution in [0.25, 0.3) is 16.9 Å². The molecule has 1 saturated heterocycles. The van der Waals surface area contributed by atoms with Gasteiger partial charge in [0.05, 0.1) is 22.6 Å². The van der Waals surface area contributed by atoms with Gasteiger partial charge in [-0.1, -0.05) is 12.1 Å². The average molecular weight is 369 g/mol. The Kier molecular flexibility index (Phi) is 4.65. The summed E-state index contributed by atoms with van der Waals surface area (Å²) in [5.74, 6) is 0.517. The molecule has 0 radical (unpaired) electrons. The summed E-state index contributed by atoms with van der Waals surface area (Å²) < 4.78 is 1.63. The molecule has 1 aliphatic rings. The van der Waals surface area contributed by atoms with Crippen molar-refractivity contribution in [3.63, 3.8) is 0 Å². The second kappa shape index (κ2) is 7.25. The van der Waals surface area contributed by atoms with E-state index in [1.807, 2.05) is 29.2 Å². The minimum Gasteiger partial charge on any atom is -0.395 e. The molecule has 27 heavy (non-hydrogen) atoms. The monoisotopic (exact) mass is 369 g/mol. The SMILES string of the molecule is O=[N+]([O-])c1c(N2CCN(CCO)CC2)ncnc1-n1cnc2ccccc21. The molecule has 0 amide bonds. The summed E-state index contributed by atoms with van der Waals surface area (Å²) in [5.41, 5.74) is 1.36. The first kappa shape index (κ1) is 17.3. The Hall–Kier alpha value is -3.11. The Morgan fingerprint density at radius 2 is 1.81 bits per heavy atom. The van der Waals surface area contributed by atoms with E-state index in [0.717, 1.165) is 11.0 Å². The van der Waals surface area contributed by atoms with Gasteiger partial charge in [0.2, 0.25) is 11.6 Å². The average Bonchev–Trinajstić information content (AvgIpc) is 3.12. The summed E-state index contributed by atoms with van der Waals surface area (Å²) in [7, 11) is 0. The van der Waals surface area contributed by atoms with Crippen molar-refractivity contribution >= 4 is 22.5 Å². The maximum absolute atomic E-state index is 11.9. The van der Waals surface area contributed by atoms with Crippen molar-refractivity contribution in [2.45, 2.75) is 0 Å². The number of imidazole rings is 1. The number of hydrogen-bond donors (Lipinski definition) is 1. The maximum Gasteiger partial charge on any atom is 0.354 e. The zero-order valence-corrected chi connectivity index (χ0v) is 14.6. The standard InChI is InChI=1S/C17H19N7O3/c25-10-9-21-5-7-22(8-6-21)16-15(24(26)27)17(19-11-18-16)23-12-20-13-3-1-2-4-14(13)23/h1-4,11-12,25H,5-10H2. The molecule has 0 saturated carbocycles. The van der Waals surface area contributed by atoms with Gasteiger partial charge < -0.3 is 10.0 Å². The number of benzene rings is 1. The van der Waals surface area contributed by atoms with E-state index < -0.39 is 4.92 Å². The molecule has 140 valence electrons. The normalized spacial score (nSPS) is 15.4. The number of nitrogens with zero attached hydrogens (tertiary/aromatic N) is 7. The van der Waals surface area contributed by atoms with E-state index in [2.05, 4.69) is 19.9 Å². The van der Waals surface area contributed by atoms with Crippen LogP contribution in [0.5, 0.6) is 0 Å². The van der Waals surface area contributed by atoms with Crippen LogP contribution in [0.4, 0.5) is 11.5 Å². The van der Waals surface area contributed by atoms with Crippen molar-refractivity contribution in [3.05, 3.63) is 47.0 Å². The number of hydrogen-bond acceptors (Lipinski definition) is 8. The lowest BCUT2D eigenvalue weighted by atomic mass is 10.2. The van der Waals surface area contributed by atoms with Crippen molar-refractivity contribution in [3.8, 4) is 5.82 Å². The van der Waals surface area contributed by atoms with Gasteiger partial charge >= 0.3 is 5.69 Å². The number of nitro groups is 1. The first-order valence-electron chi connectivity index (χ1n) is 8.69. The predicted octanol–water partition coefficient (Wildman–Crippen LogP) is 0.838. The lowest BCUT2D eigenvalue weighted by molar-refractivity contribution is -0.384. The summed E-state index contributed by atoms with van der Waals surface area (Å²) in [6.45, 7) is 3.33. The van der Waals surface area contributed by atoms with Gasteiger partial charge in [0.25, 0.3) is 0 Å². The Morgan fingerprint density at radius 3 is 2.56 bits per heavy atom. The molecule has 1 fully saturated rings. The third-order valence-corrected chi connectivity index (χ3v) is 4.74. The highest BCUT2D eigenvalue weighted by atomic mass is 16.6. The molecule has 2 aromatic heterocycles. The fourth-order valence-corrected chi connectivity index (χ4v) is 3.38. The number of β-amino-alcohol motifs (C(OH)–C–C–N with tert-alkyl or cyclic N) is 1. The number of aliphatic hydroxyl groups is 1. The van der Waals surface area contributed by atoms with Crippen LogP contribution in [0.15, 0.2) is 36.9 Å². The van der Waals surface area contributed by atoms with Gasteiger partial charge in [0, 0.05) is 32.7 Å². The number of rotatable bonds is 5. The first-order chi connectivity index (χ1) is 13.2. The van der Waals surface area contributed by atoms with Gasteiger partial charge in [-0.25, -0.2) is 15.0 Å². The van der Waals surface area contributed by atoms with E-state index in [0.29, 0.717) is 38.5 Å². The Bertz CT molecular complexity index is 966. The number of aliphatic hydroxyl groups excluding tert-OH is 1. The lowest BCUT2D eigenvalue weighted by Gasteiger charge is -2.34. The van der Waals surface area contributed by atoms with E-state index in [4.69, 9.17) is 5.11 Å². The third-order valence-electron chi connectivity index (χ3n) is 4.74. The molecule has 0 spiro atoms. The van der Waals surface area contributed by atoms with Gasteiger partial charge in [0.15, 0.2) is 0 Å². The minimum absolute atomic E-state index is 0.103. The second-order valence-electron chi connectivity index (χ2n) is 6.28. The number of anilines is 1. The largest absolute Gasteiger partial charge is 0.395 e. The van der Waals surface area contributed by atoms with Crippen LogP contribution in [-0.2, 0) is 0 Å². The number of piperazine rings is 1. The van der Waals surface area contributed by atoms with Gasteiger partial charge in [0.1, 0.15) is 12.7 Å². The highest BCUT2D eigenvalue weighted by Crippen LogP contribution is 2.32. The van der Waals surface area contributed by atoms with Crippen LogP contribution in [0.3, 0.4) is 0 Å². The molecule has 1 aliphatic heterocycles. The van der Waals surface area contributed by atoms with E-state index in [-0.39, 0.29) is 18.1 Å². The van der Waals surface area contributed by atoms with Gasteiger partial charge in [-0.3, -0.25) is 19.6 Å². The van der Waals surface area contributed by atoms with Crippen LogP contribution < -0.4 is 4.90 Å². The van der Waals surface area contributed by atoms with Crippen molar-refractivity contribution in [2.24, 2.45) is 0 Å². The minimum atomic E-state index is -0.431. The molecule has 10 heteroatoms. The molecule has 10 nitrogen and oxygen atoms in total. The zero-order valence-electron chi connectivity index (χ0n) is 14.6. The van der Waals surface area contributed by atoms with Gasteiger partial charge in [-0.05, 0) is 12.1 Å². The van der Waals surface area contributed by atoms with Crippen LogP contribution >= 0.6 is 0 Å². The molecule has 0 bridgehead atoms. The molecule has 0 aliphatic carbocycles. The number of para-hydroxylation sites is 2. The second-order valence-corrected chi connectivity index (χ2v) is 6.28. The van der Waals surface area contributed by atoms with E-state index in [1.165, 1.54) is 6.33 Å². The maximum atomic E-state index is 11.9. The smallest absolute Gasteiger partial charge is 0.354 e. The molecule has 1 aromatic carbocycles. The Balaban J connectivity index is 1.75. The summed E-state index contributed by atoms with van der Waals surface area (Å²) in [6.07, 6.45) is 2.90. The van der Waals surface area contributed by atoms with E-state index in [1.54, 1.807) is 10.9 Å². The molecule has 3 heterocycles. The fraction of sp³-hybridized carbons (Fsp3) is 0.353. The van der Waals surface area contributed by atoms with Crippen LogP contribution in [0, 0.1) is 10.1 Å². The molecule has 1 N–H and O–H groups in total. The van der Waals surface area contributed by atoms with E-state index in [9.17, 15) is 10.1 Å². The molecular formula is C17H19N7O3. The molecule has 0 atom stereocenters. The van der Waals surface area contributed by atoms with Crippen LogP contribution in [0.2, 0.25) is 0 Å². The summed E-state index contributed by atoms with van der Waals surface area (Å²) in [6, 6.07) is 7.42. The molecule has 4 rings (SSSR count). The summed E-state index contributed by atoms with van der Waals surface area (Å²) >= 11 is 0. The Labute approximate surface area is 154 Å². The van der Waals surface area contributed by atoms with Crippen molar-refractivity contribution < 1.29 is 10.0 Å². The van der Waals surface area contributed by atoms with Crippen molar-refractivity contribution in [1.29, 1.82) is 0 Å². The number of fused-ring (bicyclic) bond motifs is 1. The number of aromatic nitrogens is 4.